The minimum Gasteiger partial charge on any atom is -0.350 e. The second-order valence-corrected chi connectivity index (χ2v) is 6.86. The van der Waals surface area contributed by atoms with E-state index in [9.17, 15) is 14.4 Å². The van der Waals surface area contributed by atoms with Crippen LogP contribution < -0.4 is 21.3 Å². The Hall–Kier alpha value is -3.06. The van der Waals surface area contributed by atoms with Crippen molar-refractivity contribution >= 4 is 35.1 Å². The van der Waals surface area contributed by atoms with Crippen molar-refractivity contribution in [1.29, 1.82) is 0 Å². The number of carbonyl (C=O) groups excluding carboxylic acids is 3. The van der Waals surface area contributed by atoms with Gasteiger partial charge >= 0.3 is 6.03 Å². The summed E-state index contributed by atoms with van der Waals surface area (Å²) in [6.45, 7) is 3.93. The molecular formula is C20H23ClN4O3. The maximum Gasteiger partial charge on any atom is 0.319 e. The molecule has 0 radical (unpaired) electrons. The van der Waals surface area contributed by atoms with Gasteiger partial charge < -0.3 is 21.3 Å². The van der Waals surface area contributed by atoms with Crippen molar-refractivity contribution in [2.75, 3.05) is 11.9 Å². The first-order chi connectivity index (χ1) is 13.3. The Morgan fingerprint density at radius 2 is 1.71 bits per heavy atom. The lowest BCUT2D eigenvalue weighted by molar-refractivity contribution is -0.120. The SMILES string of the molecule is CC(C)NC(=O)Nc1ccc(CNC(=O)CNC(=O)c2cccc(Cl)c2)cc1. The van der Waals surface area contributed by atoms with Crippen molar-refractivity contribution in [2.24, 2.45) is 0 Å². The molecule has 7 nitrogen and oxygen atoms in total. The van der Waals surface area contributed by atoms with E-state index < -0.39 is 0 Å². The number of halogens is 1. The number of hydrogen-bond donors (Lipinski definition) is 4. The molecule has 2 aromatic carbocycles. The highest BCUT2D eigenvalue weighted by molar-refractivity contribution is 6.31. The number of anilines is 1. The number of urea groups is 1. The first-order valence-electron chi connectivity index (χ1n) is 8.80. The maximum atomic E-state index is 12.0. The molecule has 0 aromatic heterocycles. The molecule has 0 atom stereocenters. The molecule has 0 saturated carbocycles. The van der Waals surface area contributed by atoms with Gasteiger partial charge in [-0.3, -0.25) is 9.59 Å². The summed E-state index contributed by atoms with van der Waals surface area (Å²) in [6.07, 6.45) is 0. The third-order valence-corrected chi connectivity index (χ3v) is 3.85. The molecule has 0 unspecified atom stereocenters. The molecule has 4 N–H and O–H groups in total. The second kappa shape index (κ2) is 10.3. The third kappa shape index (κ3) is 7.28. The summed E-state index contributed by atoms with van der Waals surface area (Å²) in [6, 6.07) is 13.4. The first kappa shape index (κ1) is 21.2. The highest BCUT2D eigenvalue weighted by atomic mass is 35.5. The van der Waals surface area contributed by atoms with Gasteiger partial charge in [-0.1, -0.05) is 29.8 Å². The Morgan fingerprint density at radius 1 is 1.00 bits per heavy atom. The van der Waals surface area contributed by atoms with E-state index in [-0.39, 0.29) is 30.4 Å². The molecule has 0 fully saturated rings. The lowest BCUT2D eigenvalue weighted by Crippen LogP contribution is -2.36. The molecule has 148 valence electrons. The van der Waals surface area contributed by atoms with Crippen LogP contribution in [-0.2, 0) is 11.3 Å². The summed E-state index contributed by atoms with van der Waals surface area (Å²) in [5, 5.41) is 11.2. The molecule has 0 aliphatic carbocycles. The third-order valence-electron chi connectivity index (χ3n) is 3.62. The average molecular weight is 403 g/mol. The molecule has 0 heterocycles. The van der Waals surface area contributed by atoms with Crippen LogP contribution in [0.4, 0.5) is 10.5 Å². The largest absolute Gasteiger partial charge is 0.350 e. The summed E-state index contributed by atoms with van der Waals surface area (Å²) in [7, 11) is 0. The van der Waals surface area contributed by atoms with E-state index in [1.807, 2.05) is 13.8 Å². The van der Waals surface area contributed by atoms with Crippen molar-refractivity contribution in [3.63, 3.8) is 0 Å². The number of benzene rings is 2. The lowest BCUT2D eigenvalue weighted by Gasteiger charge is -2.11. The molecular weight excluding hydrogens is 380 g/mol. The Morgan fingerprint density at radius 3 is 2.36 bits per heavy atom. The zero-order valence-electron chi connectivity index (χ0n) is 15.7. The van der Waals surface area contributed by atoms with Crippen molar-refractivity contribution < 1.29 is 14.4 Å². The van der Waals surface area contributed by atoms with Crippen LogP contribution in [0, 0.1) is 0 Å². The minimum atomic E-state index is -0.368. The maximum absolute atomic E-state index is 12.0. The van der Waals surface area contributed by atoms with Gasteiger partial charge in [0.15, 0.2) is 0 Å². The van der Waals surface area contributed by atoms with Crippen LogP contribution in [0.3, 0.4) is 0 Å². The molecule has 0 bridgehead atoms. The quantitative estimate of drug-likeness (QED) is 0.573. The Labute approximate surface area is 168 Å². The van der Waals surface area contributed by atoms with Crippen LogP contribution in [0.15, 0.2) is 48.5 Å². The molecule has 2 rings (SSSR count). The van der Waals surface area contributed by atoms with Crippen LogP contribution in [0.1, 0.15) is 29.8 Å². The second-order valence-electron chi connectivity index (χ2n) is 6.42. The normalized spacial score (nSPS) is 10.3. The van der Waals surface area contributed by atoms with Crippen LogP contribution in [-0.4, -0.2) is 30.4 Å². The topological polar surface area (TPSA) is 99.3 Å². The van der Waals surface area contributed by atoms with Crippen LogP contribution >= 0.6 is 11.6 Å². The fourth-order valence-corrected chi connectivity index (χ4v) is 2.48. The molecule has 0 spiro atoms. The fourth-order valence-electron chi connectivity index (χ4n) is 2.29. The predicted molar refractivity (Wildman–Crippen MR) is 109 cm³/mol. The van der Waals surface area contributed by atoms with Gasteiger partial charge in [0.05, 0.1) is 6.54 Å². The monoisotopic (exact) mass is 402 g/mol. The van der Waals surface area contributed by atoms with Crippen LogP contribution in [0.2, 0.25) is 5.02 Å². The van der Waals surface area contributed by atoms with E-state index in [0.717, 1.165) is 5.56 Å². The van der Waals surface area contributed by atoms with Crippen molar-refractivity contribution in [2.45, 2.75) is 26.4 Å². The summed E-state index contributed by atoms with van der Waals surface area (Å²) < 4.78 is 0. The Bertz CT molecular complexity index is 838. The van der Waals surface area contributed by atoms with Crippen molar-refractivity contribution in [3.05, 3.63) is 64.7 Å². The van der Waals surface area contributed by atoms with Gasteiger partial charge in [-0.15, -0.1) is 0 Å². The fraction of sp³-hybridized carbons (Fsp3) is 0.250. The zero-order valence-corrected chi connectivity index (χ0v) is 16.5. The average Bonchev–Trinajstić information content (AvgIpc) is 2.64. The number of carbonyl (C=O) groups is 3. The molecule has 0 saturated heterocycles. The molecule has 0 aliphatic heterocycles. The van der Waals surface area contributed by atoms with Crippen molar-refractivity contribution in [3.8, 4) is 0 Å². The number of rotatable bonds is 7. The van der Waals surface area contributed by atoms with E-state index in [4.69, 9.17) is 11.6 Å². The number of amides is 4. The van der Waals surface area contributed by atoms with E-state index in [1.54, 1.807) is 42.5 Å². The molecule has 28 heavy (non-hydrogen) atoms. The number of hydrogen-bond acceptors (Lipinski definition) is 3. The standard InChI is InChI=1S/C20H23ClN4O3/c1-13(2)24-20(28)25-17-8-6-14(7-9-17)11-22-18(26)12-23-19(27)15-4-3-5-16(21)10-15/h3-10,13H,11-12H2,1-2H3,(H,22,26)(H,23,27)(H2,24,25,28). The Balaban J connectivity index is 1.75. The highest BCUT2D eigenvalue weighted by Crippen LogP contribution is 2.11. The van der Waals surface area contributed by atoms with E-state index >= 15 is 0 Å². The van der Waals surface area contributed by atoms with Gasteiger partial charge in [0.25, 0.3) is 5.91 Å². The smallest absolute Gasteiger partial charge is 0.319 e. The predicted octanol–water partition coefficient (Wildman–Crippen LogP) is 2.92. The van der Waals surface area contributed by atoms with Gasteiger partial charge in [0.1, 0.15) is 0 Å². The summed E-state index contributed by atoms with van der Waals surface area (Å²) in [5.41, 5.74) is 1.91. The van der Waals surface area contributed by atoms with E-state index in [0.29, 0.717) is 22.8 Å². The zero-order chi connectivity index (χ0) is 20.5. The summed E-state index contributed by atoms with van der Waals surface area (Å²) in [4.78, 5) is 35.5. The molecule has 0 aliphatic rings. The van der Waals surface area contributed by atoms with E-state index in [2.05, 4.69) is 21.3 Å². The Kier molecular flexibility index (Phi) is 7.83. The van der Waals surface area contributed by atoms with Crippen molar-refractivity contribution in [1.82, 2.24) is 16.0 Å². The van der Waals surface area contributed by atoms with Gasteiger partial charge in [0, 0.05) is 28.9 Å². The summed E-state index contributed by atoms with van der Waals surface area (Å²) >= 11 is 5.84. The van der Waals surface area contributed by atoms with Gasteiger partial charge in [0.2, 0.25) is 5.91 Å². The molecule has 2 aromatic rings. The van der Waals surface area contributed by atoms with Gasteiger partial charge in [-0.2, -0.15) is 0 Å². The van der Waals surface area contributed by atoms with Crippen LogP contribution in [0.25, 0.3) is 0 Å². The molecule has 4 amide bonds. The van der Waals surface area contributed by atoms with Crippen LogP contribution in [0.5, 0.6) is 0 Å². The lowest BCUT2D eigenvalue weighted by atomic mass is 10.2. The minimum absolute atomic E-state index is 0.0499. The first-order valence-corrected chi connectivity index (χ1v) is 9.18. The van der Waals surface area contributed by atoms with Gasteiger partial charge in [-0.05, 0) is 49.7 Å². The number of nitrogens with one attached hydrogen (secondary N) is 4. The highest BCUT2D eigenvalue weighted by Gasteiger charge is 2.08. The summed E-state index contributed by atoms with van der Waals surface area (Å²) in [5.74, 6) is -0.679. The van der Waals surface area contributed by atoms with Gasteiger partial charge in [-0.25, -0.2) is 4.79 Å². The van der Waals surface area contributed by atoms with E-state index in [1.165, 1.54) is 6.07 Å². The molecule has 8 heteroatoms.